The molecule has 0 aliphatic rings. The van der Waals surface area contributed by atoms with Crippen molar-refractivity contribution in [1.29, 1.82) is 0 Å². The summed E-state index contributed by atoms with van der Waals surface area (Å²) in [6.45, 7) is 6.44. The monoisotopic (exact) mass is 1090 g/mol. The van der Waals surface area contributed by atoms with Crippen molar-refractivity contribution in [2.24, 2.45) is 0 Å². The predicted octanol–water partition coefficient (Wildman–Crippen LogP) is 22.8. The van der Waals surface area contributed by atoms with E-state index in [1.54, 1.807) is 0 Å². The highest BCUT2D eigenvalue weighted by Gasteiger charge is 2.19. The van der Waals surface area contributed by atoms with Crippen LogP contribution in [0.5, 0.6) is 0 Å². The molecule has 1 atom stereocenters. The van der Waals surface area contributed by atoms with Crippen LogP contribution >= 0.6 is 0 Å². The van der Waals surface area contributed by atoms with Crippen molar-refractivity contribution < 1.29 is 28.6 Å². The highest BCUT2D eigenvalue weighted by Crippen LogP contribution is 2.16. The lowest BCUT2D eigenvalue weighted by molar-refractivity contribution is -0.167. The molecule has 0 bridgehead atoms. The Bertz CT molecular complexity index is 1640. The number of ether oxygens (including phenoxy) is 3. The fourth-order valence-corrected chi connectivity index (χ4v) is 9.02. The van der Waals surface area contributed by atoms with Crippen LogP contribution in [0.2, 0.25) is 0 Å². The van der Waals surface area contributed by atoms with Crippen molar-refractivity contribution in [1.82, 2.24) is 0 Å². The number of rotatable bonds is 59. The van der Waals surface area contributed by atoms with E-state index in [1.807, 2.05) is 0 Å². The molecular weight excluding hydrogens is 973 g/mol. The predicted molar refractivity (Wildman–Crippen MR) is 343 cm³/mol. The Morgan fingerprint density at radius 2 is 0.494 bits per heavy atom. The van der Waals surface area contributed by atoms with E-state index >= 15 is 0 Å². The molecule has 79 heavy (non-hydrogen) atoms. The van der Waals surface area contributed by atoms with E-state index in [0.29, 0.717) is 19.3 Å². The van der Waals surface area contributed by atoms with Gasteiger partial charge in [0.25, 0.3) is 0 Å². The van der Waals surface area contributed by atoms with Crippen LogP contribution in [-0.2, 0) is 28.6 Å². The van der Waals surface area contributed by atoms with Gasteiger partial charge in [-0.3, -0.25) is 14.4 Å². The second kappa shape index (κ2) is 66.3. The summed E-state index contributed by atoms with van der Waals surface area (Å²) in [6, 6.07) is 0. The van der Waals surface area contributed by atoms with Gasteiger partial charge in [-0.15, -0.1) is 0 Å². The maximum Gasteiger partial charge on any atom is 0.306 e. The van der Waals surface area contributed by atoms with Gasteiger partial charge in [0, 0.05) is 19.3 Å². The second-order valence-corrected chi connectivity index (χ2v) is 21.6. The Kier molecular flexibility index (Phi) is 62.8. The average molecular weight is 1100 g/mol. The molecule has 0 saturated heterocycles. The summed E-state index contributed by atoms with van der Waals surface area (Å²) in [5.41, 5.74) is 0. The first kappa shape index (κ1) is 74.8. The summed E-state index contributed by atoms with van der Waals surface area (Å²) in [7, 11) is 0. The number of unbranched alkanes of at least 4 members (excludes halogenated alkanes) is 28. The van der Waals surface area contributed by atoms with Gasteiger partial charge in [0.05, 0.1) is 0 Å². The van der Waals surface area contributed by atoms with Crippen molar-refractivity contribution >= 4 is 17.9 Å². The maximum absolute atomic E-state index is 12.8. The largest absolute Gasteiger partial charge is 0.462 e. The molecular formula is C73H122O6. The lowest BCUT2D eigenvalue weighted by atomic mass is 10.0. The summed E-state index contributed by atoms with van der Waals surface area (Å²) >= 11 is 0. The topological polar surface area (TPSA) is 78.9 Å². The number of esters is 3. The van der Waals surface area contributed by atoms with Crippen LogP contribution in [0.25, 0.3) is 0 Å². The lowest BCUT2D eigenvalue weighted by Crippen LogP contribution is -2.30. The third-order valence-electron chi connectivity index (χ3n) is 14.0. The van der Waals surface area contributed by atoms with Crippen molar-refractivity contribution in [2.45, 2.75) is 309 Å². The van der Waals surface area contributed by atoms with Crippen molar-refractivity contribution in [2.75, 3.05) is 13.2 Å². The first-order valence-electron chi connectivity index (χ1n) is 33.0. The molecule has 0 spiro atoms. The van der Waals surface area contributed by atoms with E-state index in [-0.39, 0.29) is 31.1 Å². The minimum absolute atomic E-state index is 0.0823. The molecule has 0 N–H and O–H groups in total. The minimum atomic E-state index is -0.782. The molecule has 6 heteroatoms. The first-order valence-corrected chi connectivity index (χ1v) is 33.0. The lowest BCUT2D eigenvalue weighted by Gasteiger charge is -2.18. The van der Waals surface area contributed by atoms with Crippen LogP contribution in [0.15, 0.2) is 122 Å². The Labute approximate surface area is 488 Å². The van der Waals surface area contributed by atoms with Gasteiger partial charge in [-0.25, -0.2) is 0 Å². The summed E-state index contributed by atoms with van der Waals surface area (Å²) in [5, 5.41) is 0. The third-order valence-corrected chi connectivity index (χ3v) is 14.0. The Hall–Kier alpha value is -4.19. The number of hydrogen-bond donors (Lipinski definition) is 0. The van der Waals surface area contributed by atoms with Gasteiger partial charge in [0.15, 0.2) is 6.10 Å². The Morgan fingerprint density at radius 3 is 0.772 bits per heavy atom. The van der Waals surface area contributed by atoms with Gasteiger partial charge in [0.2, 0.25) is 0 Å². The SMILES string of the molecule is CC/C=C\C/C=C\C/C=C\C/C=C\C/C=C\C/C=C\C/C=C\C/C=C\CCCCCCCCCCC(=O)OCC(COC(=O)CCCCCCC)OC(=O)CCCCCCCCCCCCC/C=C\C/C=C\CCCCCCC. The van der Waals surface area contributed by atoms with E-state index in [1.165, 1.54) is 135 Å². The van der Waals surface area contributed by atoms with Gasteiger partial charge in [-0.1, -0.05) is 290 Å². The third kappa shape index (κ3) is 64.5. The highest BCUT2D eigenvalue weighted by molar-refractivity contribution is 5.71. The molecule has 0 heterocycles. The first-order chi connectivity index (χ1) is 39.0. The summed E-state index contributed by atoms with van der Waals surface area (Å²) in [6.07, 6.45) is 92.6. The smallest absolute Gasteiger partial charge is 0.306 e. The molecule has 1 unspecified atom stereocenters. The van der Waals surface area contributed by atoms with E-state index in [4.69, 9.17) is 14.2 Å². The molecule has 0 fully saturated rings. The van der Waals surface area contributed by atoms with Crippen molar-refractivity contribution in [3.8, 4) is 0 Å². The standard InChI is InChI=1S/C73H122O6/c1-4-7-10-13-15-17-19-21-23-25-27-29-31-32-33-34-35-36-37-38-39-40-42-43-45-47-49-51-53-55-57-60-63-66-72(75)78-69-70(68-77-71(74)65-62-59-12-9-6-3)79-73(76)67-64-61-58-56-54-52-50-48-46-44-41-30-28-26-24-22-20-18-16-14-11-8-5-2/h7,10,15,17,20-23,26-29,32-33,35-36,38-39,42-43,70H,4-6,8-9,11-14,16,18-19,24-25,30-31,34,37,40-41,44-69H2,1-3H3/b10-7-,17-15-,22-20-,23-21-,28-26-,29-27-,33-32-,36-35-,39-38-,43-42-. The van der Waals surface area contributed by atoms with Gasteiger partial charge in [0.1, 0.15) is 13.2 Å². The van der Waals surface area contributed by atoms with E-state index < -0.39 is 6.10 Å². The molecule has 0 amide bonds. The zero-order valence-corrected chi connectivity index (χ0v) is 51.6. The van der Waals surface area contributed by atoms with Crippen LogP contribution in [-0.4, -0.2) is 37.2 Å². The van der Waals surface area contributed by atoms with Crippen LogP contribution in [0, 0.1) is 0 Å². The molecule has 0 aromatic heterocycles. The second-order valence-electron chi connectivity index (χ2n) is 21.6. The van der Waals surface area contributed by atoms with Crippen molar-refractivity contribution in [3.05, 3.63) is 122 Å². The van der Waals surface area contributed by atoms with Gasteiger partial charge >= 0.3 is 17.9 Å². The summed E-state index contributed by atoms with van der Waals surface area (Å²) in [4.78, 5) is 38.0. The Balaban J connectivity index is 4.07. The zero-order chi connectivity index (χ0) is 57.1. The van der Waals surface area contributed by atoms with E-state index in [0.717, 1.165) is 128 Å². The molecule has 0 aromatic carbocycles. The van der Waals surface area contributed by atoms with E-state index in [2.05, 4.69) is 142 Å². The fraction of sp³-hybridized carbons (Fsp3) is 0.685. The number of carbonyl (C=O) groups is 3. The van der Waals surface area contributed by atoms with Crippen LogP contribution in [0.1, 0.15) is 303 Å². The minimum Gasteiger partial charge on any atom is -0.462 e. The molecule has 0 aliphatic heterocycles. The quantitative estimate of drug-likeness (QED) is 0.0261. The van der Waals surface area contributed by atoms with Crippen LogP contribution < -0.4 is 0 Å². The zero-order valence-electron chi connectivity index (χ0n) is 51.6. The van der Waals surface area contributed by atoms with Gasteiger partial charge in [-0.05, 0) is 116 Å². The molecule has 6 nitrogen and oxygen atoms in total. The Morgan fingerprint density at radius 1 is 0.266 bits per heavy atom. The average Bonchev–Trinajstić information content (AvgIpc) is 3.45. The molecule has 0 aliphatic carbocycles. The number of allylic oxidation sites excluding steroid dienone is 20. The molecule has 0 saturated carbocycles. The maximum atomic E-state index is 12.8. The molecule has 0 aromatic rings. The number of hydrogen-bond acceptors (Lipinski definition) is 6. The highest BCUT2D eigenvalue weighted by atomic mass is 16.6. The normalized spacial score (nSPS) is 12.9. The molecule has 0 radical (unpaired) electrons. The van der Waals surface area contributed by atoms with Crippen molar-refractivity contribution in [3.63, 3.8) is 0 Å². The number of carbonyl (C=O) groups excluding carboxylic acids is 3. The van der Waals surface area contributed by atoms with Gasteiger partial charge < -0.3 is 14.2 Å². The van der Waals surface area contributed by atoms with Crippen LogP contribution in [0.3, 0.4) is 0 Å². The summed E-state index contributed by atoms with van der Waals surface area (Å²) in [5.74, 6) is -0.902. The molecule has 450 valence electrons. The fourth-order valence-electron chi connectivity index (χ4n) is 9.02. The van der Waals surface area contributed by atoms with E-state index in [9.17, 15) is 14.4 Å². The summed E-state index contributed by atoms with van der Waals surface area (Å²) < 4.78 is 16.8. The van der Waals surface area contributed by atoms with Gasteiger partial charge in [-0.2, -0.15) is 0 Å². The molecule has 0 rings (SSSR count). The van der Waals surface area contributed by atoms with Crippen LogP contribution in [0.4, 0.5) is 0 Å².